The first-order chi connectivity index (χ1) is 6.63. The summed E-state index contributed by atoms with van der Waals surface area (Å²) in [6.07, 6.45) is 0. The smallest absolute Gasteiger partial charge is 0.170 e. The summed E-state index contributed by atoms with van der Waals surface area (Å²) in [5, 5.41) is 6.28. The summed E-state index contributed by atoms with van der Waals surface area (Å²) in [6, 6.07) is 4.76. The number of benzene rings is 1. The van der Waals surface area contributed by atoms with Gasteiger partial charge in [-0.25, -0.2) is 4.39 Å². The van der Waals surface area contributed by atoms with Crippen molar-refractivity contribution in [3.63, 3.8) is 0 Å². The summed E-state index contributed by atoms with van der Waals surface area (Å²) in [6.45, 7) is 2.68. The SMILES string of the molecule is CCNC(=S)Nc1ccc(Br)c(F)c1. The van der Waals surface area contributed by atoms with Crippen molar-refractivity contribution in [2.45, 2.75) is 6.92 Å². The number of halogens is 2. The lowest BCUT2D eigenvalue weighted by molar-refractivity contribution is 0.622. The number of nitrogens with one attached hydrogen (secondary N) is 2. The number of hydrogen-bond acceptors (Lipinski definition) is 1. The number of anilines is 1. The van der Waals surface area contributed by atoms with Gasteiger partial charge in [0.2, 0.25) is 0 Å². The van der Waals surface area contributed by atoms with Crippen LogP contribution in [-0.2, 0) is 0 Å². The van der Waals surface area contributed by atoms with E-state index in [9.17, 15) is 4.39 Å². The summed E-state index contributed by atoms with van der Waals surface area (Å²) >= 11 is 8.03. The minimum atomic E-state index is -0.311. The Morgan fingerprint density at radius 3 is 2.86 bits per heavy atom. The minimum Gasteiger partial charge on any atom is -0.363 e. The zero-order valence-corrected chi connectivity index (χ0v) is 10.0. The first-order valence-electron chi connectivity index (χ1n) is 4.13. The van der Waals surface area contributed by atoms with Gasteiger partial charge in [-0.15, -0.1) is 0 Å². The Bertz CT molecular complexity index is 344. The van der Waals surface area contributed by atoms with Gasteiger partial charge in [-0.1, -0.05) is 0 Å². The standard InChI is InChI=1S/C9H10BrFN2S/c1-2-12-9(14)13-6-3-4-7(10)8(11)5-6/h3-5H,2H2,1H3,(H2,12,13,14). The molecule has 0 heterocycles. The van der Waals surface area contributed by atoms with Gasteiger partial charge < -0.3 is 10.6 Å². The fraction of sp³-hybridized carbons (Fsp3) is 0.222. The van der Waals surface area contributed by atoms with Crippen LogP contribution < -0.4 is 10.6 Å². The molecule has 0 aliphatic rings. The van der Waals surface area contributed by atoms with Gasteiger partial charge in [-0.05, 0) is 53.3 Å². The Labute approximate surface area is 96.0 Å². The third-order valence-electron chi connectivity index (χ3n) is 1.51. The molecule has 76 valence electrons. The third kappa shape index (κ3) is 3.23. The summed E-state index contributed by atoms with van der Waals surface area (Å²) < 4.78 is 13.5. The van der Waals surface area contributed by atoms with Crippen LogP contribution in [0.4, 0.5) is 10.1 Å². The van der Waals surface area contributed by atoms with Crippen molar-refractivity contribution >= 4 is 38.9 Å². The molecular formula is C9H10BrFN2S. The van der Waals surface area contributed by atoms with Crippen LogP contribution in [0.25, 0.3) is 0 Å². The van der Waals surface area contributed by atoms with Crippen molar-refractivity contribution in [1.29, 1.82) is 0 Å². The van der Waals surface area contributed by atoms with E-state index in [4.69, 9.17) is 12.2 Å². The van der Waals surface area contributed by atoms with Crippen LogP contribution in [0.2, 0.25) is 0 Å². The third-order valence-corrected chi connectivity index (χ3v) is 2.40. The molecule has 2 nitrogen and oxygen atoms in total. The maximum absolute atomic E-state index is 13.1. The number of thiocarbonyl (C=S) groups is 1. The van der Waals surface area contributed by atoms with Gasteiger partial charge in [0.15, 0.2) is 5.11 Å². The van der Waals surface area contributed by atoms with Crippen LogP contribution in [0.1, 0.15) is 6.92 Å². The largest absolute Gasteiger partial charge is 0.363 e. The quantitative estimate of drug-likeness (QED) is 0.813. The molecule has 14 heavy (non-hydrogen) atoms. The molecule has 0 aromatic heterocycles. The Morgan fingerprint density at radius 1 is 1.57 bits per heavy atom. The molecule has 2 N–H and O–H groups in total. The minimum absolute atomic E-state index is 0.311. The zero-order chi connectivity index (χ0) is 10.6. The second-order valence-corrected chi connectivity index (χ2v) is 3.88. The van der Waals surface area contributed by atoms with Crippen molar-refractivity contribution in [1.82, 2.24) is 5.32 Å². The molecule has 0 atom stereocenters. The van der Waals surface area contributed by atoms with E-state index in [2.05, 4.69) is 26.6 Å². The molecule has 0 unspecified atom stereocenters. The molecule has 0 aliphatic carbocycles. The van der Waals surface area contributed by atoms with Gasteiger partial charge in [0.1, 0.15) is 5.82 Å². The van der Waals surface area contributed by atoms with Crippen LogP contribution in [0, 0.1) is 5.82 Å². The zero-order valence-electron chi connectivity index (χ0n) is 7.60. The van der Waals surface area contributed by atoms with Gasteiger partial charge in [-0.2, -0.15) is 0 Å². The summed E-state index contributed by atoms with van der Waals surface area (Å²) in [4.78, 5) is 0. The monoisotopic (exact) mass is 276 g/mol. The molecule has 0 aliphatic heterocycles. The second-order valence-electron chi connectivity index (χ2n) is 2.61. The van der Waals surface area contributed by atoms with E-state index in [1.54, 1.807) is 12.1 Å². The normalized spacial score (nSPS) is 9.64. The fourth-order valence-electron chi connectivity index (χ4n) is 0.910. The van der Waals surface area contributed by atoms with Gasteiger partial charge >= 0.3 is 0 Å². The highest BCUT2D eigenvalue weighted by Gasteiger charge is 2.01. The maximum Gasteiger partial charge on any atom is 0.170 e. The molecule has 0 amide bonds. The van der Waals surface area contributed by atoms with Crippen LogP contribution in [-0.4, -0.2) is 11.7 Å². The van der Waals surface area contributed by atoms with Crippen molar-refractivity contribution in [2.24, 2.45) is 0 Å². The van der Waals surface area contributed by atoms with E-state index < -0.39 is 0 Å². The highest BCUT2D eigenvalue weighted by Crippen LogP contribution is 2.19. The van der Waals surface area contributed by atoms with E-state index in [0.717, 1.165) is 6.54 Å². The molecule has 0 saturated carbocycles. The topological polar surface area (TPSA) is 24.1 Å². The number of hydrogen-bond donors (Lipinski definition) is 2. The first-order valence-corrected chi connectivity index (χ1v) is 5.33. The van der Waals surface area contributed by atoms with Gasteiger partial charge in [0, 0.05) is 12.2 Å². The highest BCUT2D eigenvalue weighted by atomic mass is 79.9. The molecule has 1 rings (SSSR count). The van der Waals surface area contributed by atoms with Crippen molar-refractivity contribution in [3.8, 4) is 0 Å². The summed E-state index contributed by atoms with van der Waals surface area (Å²) in [7, 11) is 0. The van der Waals surface area contributed by atoms with E-state index in [1.807, 2.05) is 6.92 Å². The Hall–Kier alpha value is -0.680. The Balaban J connectivity index is 2.68. The predicted octanol–water partition coefficient (Wildman–Crippen LogP) is 2.89. The van der Waals surface area contributed by atoms with E-state index in [-0.39, 0.29) is 5.82 Å². The van der Waals surface area contributed by atoms with Crippen LogP contribution in [0.3, 0.4) is 0 Å². The van der Waals surface area contributed by atoms with E-state index in [0.29, 0.717) is 15.3 Å². The highest BCUT2D eigenvalue weighted by molar-refractivity contribution is 9.10. The molecular weight excluding hydrogens is 267 g/mol. The molecule has 0 spiro atoms. The van der Waals surface area contributed by atoms with Crippen LogP contribution in [0.5, 0.6) is 0 Å². The molecule has 0 saturated heterocycles. The lowest BCUT2D eigenvalue weighted by Crippen LogP contribution is -2.27. The summed E-state index contributed by atoms with van der Waals surface area (Å²) in [5.74, 6) is -0.311. The molecule has 0 fully saturated rings. The maximum atomic E-state index is 13.1. The van der Waals surface area contributed by atoms with E-state index in [1.165, 1.54) is 6.07 Å². The van der Waals surface area contributed by atoms with Crippen LogP contribution >= 0.6 is 28.1 Å². The van der Waals surface area contributed by atoms with Gasteiger partial charge in [0.05, 0.1) is 4.47 Å². The summed E-state index contributed by atoms with van der Waals surface area (Å²) in [5.41, 5.74) is 0.636. The molecule has 1 aromatic rings. The first kappa shape index (κ1) is 11.4. The lowest BCUT2D eigenvalue weighted by Gasteiger charge is -2.08. The van der Waals surface area contributed by atoms with E-state index >= 15 is 0 Å². The Kier molecular flexibility index (Phi) is 4.28. The molecule has 5 heteroatoms. The average molecular weight is 277 g/mol. The number of rotatable bonds is 2. The van der Waals surface area contributed by atoms with Crippen molar-refractivity contribution < 1.29 is 4.39 Å². The van der Waals surface area contributed by atoms with Gasteiger partial charge in [0.25, 0.3) is 0 Å². The predicted molar refractivity (Wildman–Crippen MR) is 64.0 cm³/mol. The fourth-order valence-corrected chi connectivity index (χ4v) is 1.42. The van der Waals surface area contributed by atoms with Crippen molar-refractivity contribution in [2.75, 3.05) is 11.9 Å². The van der Waals surface area contributed by atoms with Crippen molar-refractivity contribution in [3.05, 3.63) is 28.5 Å². The lowest BCUT2D eigenvalue weighted by atomic mass is 10.3. The average Bonchev–Trinajstić information content (AvgIpc) is 2.12. The second kappa shape index (κ2) is 5.26. The van der Waals surface area contributed by atoms with Crippen LogP contribution in [0.15, 0.2) is 22.7 Å². The Morgan fingerprint density at radius 2 is 2.29 bits per heavy atom. The molecule has 0 bridgehead atoms. The molecule has 0 radical (unpaired) electrons. The molecule has 1 aromatic carbocycles. The van der Waals surface area contributed by atoms with Gasteiger partial charge in [-0.3, -0.25) is 0 Å².